The second kappa shape index (κ2) is 15.2. The number of aromatic nitrogens is 3. The molecule has 2 unspecified atom stereocenters. The number of aromatic hydroxyl groups is 1. The Hall–Kier alpha value is -4.48. The molecule has 0 amide bonds. The summed E-state index contributed by atoms with van der Waals surface area (Å²) in [5, 5.41) is 15.3. The predicted molar refractivity (Wildman–Crippen MR) is 201 cm³/mol. The van der Waals surface area contributed by atoms with Crippen molar-refractivity contribution in [1.29, 1.82) is 0 Å². The van der Waals surface area contributed by atoms with Gasteiger partial charge in [-0.05, 0) is 89.0 Å². The van der Waals surface area contributed by atoms with Crippen LogP contribution in [0.5, 0.6) is 17.6 Å². The maximum Gasteiger partial charge on any atom is 0.391 e. The Morgan fingerprint density at radius 2 is 1.71 bits per heavy atom. The number of halogens is 5. The van der Waals surface area contributed by atoms with Crippen molar-refractivity contribution in [3.63, 3.8) is 0 Å². The molecule has 2 aromatic heterocycles. The van der Waals surface area contributed by atoms with Crippen LogP contribution in [-0.2, 0) is 0 Å². The van der Waals surface area contributed by atoms with E-state index in [1.54, 1.807) is 0 Å². The number of anilines is 1. The second-order valence-electron chi connectivity index (χ2n) is 15.6. The third-order valence-corrected chi connectivity index (χ3v) is 11.2. The molecular weight excluding hydrogens is 719 g/mol. The smallest absolute Gasteiger partial charge is 0.391 e. The summed E-state index contributed by atoms with van der Waals surface area (Å²) in [7, 11) is 0. The molecule has 2 N–H and O–H groups in total. The first-order valence-corrected chi connectivity index (χ1v) is 19.2. The summed E-state index contributed by atoms with van der Waals surface area (Å²) in [6, 6.07) is 5.53. The van der Waals surface area contributed by atoms with Gasteiger partial charge in [-0.1, -0.05) is 25.8 Å². The fourth-order valence-electron chi connectivity index (χ4n) is 7.98. The number of rotatable bonds is 11. The molecule has 1 saturated carbocycles. The molecule has 0 spiro atoms. The largest absolute Gasteiger partial charge is 0.508 e. The van der Waals surface area contributed by atoms with Gasteiger partial charge < -0.3 is 29.7 Å². The number of benzene rings is 2. The highest BCUT2D eigenvalue weighted by Crippen LogP contribution is 2.48. The second-order valence-corrected chi connectivity index (χ2v) is 15.6. The average Bonchev–Trinajstić information content (AvgIpc) is 3.93. The van der Waals surface area contributed by atoms with Crippen LogP contribution in [-0.4, -0.2) is 88.7 Å². The molecule has 9 nitrogen and oxygen atoms in total. The molecule has 294 valence electrons. The van der Waals surface area contributed by atoms with Crippen LogP contribution < -0.4 is 19.7 Å². The normalized spacial score (nSPS) is 20.6. The molecular formula is C41H47F5N6O3. The van der Waals surface area contributed by atoms with E-state index in [0.29, 0.717) is 43.9 Å². The van der Waals surface area contributed by atoms with Gasteiger partial charge in [0, 0.05) is 48.1 Å². The van der Waals surface area contributed by atoms with E-state index in [1.165, 1.54) is 24.3 Å². The van der Waals surface area contributed by atoms with E-state index in [9.17, 15) is 18.3 Å². The summed E-state index contributed by atoms with van der Waals surface area (Å²) in [6.45, 7) is 10.4. The molecule has 2 atom stereocenters. The van der Waals surface area contributed by atoms with Crippen molar-refractivity contribution in [1.82, 2.24) is 25.2 Å². The summed E-state index contributed by atoms with van der Waals surface area (Å²) >= 11 is 0. The molecule has 14 heteroatoms. The van der Waals surface area contributed by atoms with Crippen LogP contribution in [0.3, 0.4) is 0 Å². The molecule has 3 aliphatic rings. The lowest BCUT2D eigenvalue weighted by Crippen LogP contribution is -2.56. The standard InChI is InChI=1S/C41H47F5N6O3/c1-6-26-19-52(20-27(7-2)47-26)37-33-36(49-39(50-37)54-22-40(13-14-40)21-51-15-11-25(12-16-51)41(44,45)46)34(43)35(48-38(33)55-23(4)5)30-18-28(53)17-24-9-10-31(42)29(8-3)32(24)30/h3,9-10,17-18,23,25-27,47,53H,6-7,11-16,19-22H2,1-2,4-5H3. The van der Waals surface area contributed by atoms with Crippen molar-refractivity contribution >= 4 is 27.5 Å². The maximum absolute atomic E-state index is 17.4. The van der Waals surface area contributed by atoms with Gasteiger partial charge in [-0.15, -0.1) is 6.42 Å². The van der Waals surface area contributed by atoms with Crippen LogP contribution in [0.2, 0.25) is 0 Å². The summed E-state index contributed by atoms with van der Waals surface area (Å²) in [6.07, 6.45) is 4.65. The molecule has 0 radical (unpaired) electrons. The highest BCUT2D eigenvalue weighted by molar-refractivity contribution is 6.04. The van der Waals surface area contributed by atoms with E-state index >= 15 is 8.78 Å². The van der Waals surface area contributed by atoms with E-state index in [1.807, 2.05) is 13.8 Å². The number of pyridine rings is 1. The molecule has 4 heterocycles. The Kier molecular flexibility index (Phi) is 10.7. The number of piperazine rings is 1. The van der Waals surface area contributed by atoms with E-state index in [0.717, 1.165) is 25.7 Å². The minimum absolute atomic E-state index is 0.0543. The lowest BCUT2D eigenvalue weighted by Gasteiger charge is -2.39. The zero-order valence-electron chi connectivity index (χ0n) is 31.6. The molecule has 55 heavy (non-hydrogen) atoms. The molecule has 2 saturated heterocycles. The van der Waals surface area contributed by atoms with Crippen molar-refractivity contribution in [2.45, 2.75) is 90.6 Å². The fraction of sp³-hybridized carbons (Fsp3) is 0.537. The first kappa shape index (κ1) is 38.8. The highest BCUT2D eigenvalue weighted by Gasteiger charge is 2.47. The van der Waals surface area contributed by atoms with Gasteiger partial charge in [-0.2, -0.15) is 23.1 Å². The number of nitrogens with zero attached hydrogens (tertiary/aromatic N) is 5. The minimum atomic E-state index is -4.19. The molecule has 2 aromatic carbocycles. The predicted octanol–water partition coefficient (Wildman–Crippen LogP) is 8.00. The molecule has 3 fully saturated rings. The van der Waals surface area contributed by atoms with Gasteiger partial charge in [0.25, 0.3) is 0 Å². The third-order valence-electron chi connectivity index (χ3n) is 11.2. The number of phenols is 1. The number of alkyl halides is 3. The monoisotopic (exact) mass is 766 g/mol. The van der Waals surface area contributed by atoms with Crippen LogP contribution >= 0.6 is 0 Å². The molecule has 7 rings (SSSR count). The van der Waals surface area contributed by atoms with E-state index in [2.05, 4.69) is 39.9 Å². The lowest BCUT2D eigenvalue weighted by atomic mass is 9.95. The van der Waals surface area contributed by atoms with Crippen LogP contribution in [0.1, 0.15) is 71.8 Å². The summed E-state index contributed by atoms with van der Waals surface area (Å²) in [5.41, 5.74) is -0.718. The Morgan fingerprint density at radius 1 is 1.02 bits per heavy atom. The number of phenolic OH excluding ortho intramolecular Hbond substituents is 1. The molecule has 0 bridgehead atoms. The zero-order valence-corrected chi connectivity index (χ0v) is 31.6. The Bertz CT molecular complexity index is 2100. The van der Waals surface area contributed by atoms with Gasteiger partial charge in [0.05, 0.1) is 24.2 Å². The first-order valence-electron chi connectivity index (χ1n) is 19.2. The van der Waals surface area contributed by atoms with Crippen LogP contribution in [0, 0.1) is 35.3 Å². The first-order chi connectivity index (χ1) is 26.2. The topological polar surface area (TPSA) is 95.9 Å². The zero-order chi connectivity index (χ0) is 39.2. The van der Waals surface area contributed by atoms with Crippen molar-refractivity contribution in [3.8, 4) is 41.2 Å². The Labute approximate surface area is 317 Å². The number of fused-ring (bicyclic) bond motifs is 2. The maximum atomic E-state index is 17.4. The van der Waals surface area contributed by atoms with E-state index in [-0.39, 0.29) is 87.7 Å². The highest BCUT2D eigenvalue weighted by atomic mass is 19.4. The SMILES string of the molecule is C#Cc1c(F)ccc2cc(O)cc(-c3nc(OC(C)C)c4c(N5CC(CC)NC(CC)C5)nc(OCC5(CN6CCC(C(F)(F)F)CC6)CC5)nc4c3F)c12. The fourth-order valence-corrected chi connectivity index (χ4v) is 7.98. The number of likely N-dealkylation sites (tertiary alicyclic amines) is 1. The van der Waals surface area contributed by atoms with Crippen LogP contribution in [0.4, 0.5) is 27.8 Å². The summed E-state index contributed by atoms with van der Waals surface area (Å²) < 4.78 is 85.1. The number of piperidine rings is 1. The molecule has 2 aliphatic heterocycles. The average molecular weight is 767 g/mol. The molecule has 1 aliphatic carbocycles. The molecule has 4 aromatic rings. The van der Waals surface area contributed by atoms with Crippen molar-refractivity contribution in [2.75, 3.05) is 44.2 Å². The van der Waals surface area contributed by atoms with Crippen molar-refractivity contribution < 1.29 is 36.5 Å². The Morgan fingerprint density at radius 3 is 2.31 bits per heavy atom. The number of nitrogens with one attached hydrogen (secondary N) is 1. The van der Waals surface area contributed by atoms with Gasteiger partial charge in [0.2, 0.25) is 5.88 Å². The number of terminal acetylenes is 1. The third kappa shape index (κ3) is 7.96. The van der Waals surface area contributed by atoms with Crippen molar-refractivity contribution in [3.05, 3.63) is 41.5 Å². The van der Waals surface area contributed by atoms with Gasteiger partial charge >= 0.3 is 12.2 Å². The van der Waals surface area contributed by atoms with Gasteiger partial charge in [0.1, 0.15) is 34.0 Å². The minimum Gasteiger partial charge on any atom is -0.508 e. The van der Waals surface area contributed by atoms with Crippen molar-refractivity contribution in [2.24, 2.45) is 11.3 Å². The van der Waals surface area contributed by atoms with Crippen LogP contribution in [0.15, 0.2) is 24.3 Å². The van der Waals surface area contributed by atoms with Gasteiger partial charge in [-0.3, -0.25) is 0 Å². The summed E-state index contributed by atoms with van der Waals surface area (Å²) in [5.74, 6) is -0.204. The van der Waals surface area contributed by atoms with E-state index in [4.69, 9.17) is 25.9 Å². The van der Waals surface area contributed by atoms with Gasteiger partial charge in [0.15, 0.2) is 5.82 Å². The number of hydrogen-bond acceptors (Lipinski definition) is 9. The van der Waals surface area contributed by atoms with Gasteiger partial charge in [-0.25, -0.2) is 13.8 Å². The lowest BCUT2D eigenvalue weighted by molar-refractivity contribution is -0.185. The van der Waals surface area contributed by atoms with Crippen LogP contribution in [0.25, 0.3) is 32.9 Å². The summed E-state index contributed by atoms with van der Waals surface area (Å²) in [4.78, 5) is 18.4. The Balaban J connectivity index is 1.34. The van der Waals surface area contributed by atoms with E-state index < -0.39 is 29.8 Å². The number of hydrogen-bond donors (Lipinski definition) is 2. The number of ether oxygens (including phenoxy) is 2. The quantitative estimate of drug-likeness (QED) is 0.116.